The van der Waals surface area contributed by atoms with Crippen LogP contribution in [0.2, 0.25) is 5.02 Å². The number of hydrogen-bond acceptors (Lipinski definition) is 1. The predicted octanol–water partition coefficient (Wildman–Crippen LogP) is 4.24. The van der Waals surface area contributed by atoms with Gasteiger partial charge in [0, 0.05) is 34.8 Å². The van der Waals surface area contributed by atoms with Gasteiger partial charge in [0.2, 0.25) is 0 Å². The zero-order valence-electron chi connectivity index (χ0n) is 10.4. The largest absolute Gasteiger partial charge is 0.371 e. The number of rotatable bonds is 3. The number of nitrogens with zero attached hydrogens (tertiary/aromatic N) is 1. The van der Waals surface area contributed by atoms with Crippen molar-refractivity contribution >= 4 is 17.3 Å². The fraction of sp³-hybridized carbons (Fsp3) is 0.571. The maximum atomic E-state index is 6.41. The third kappa shape index (κ3) is 1.53. The van der Waals surface area contributed by atoms with E-state index in [4.69, 9.17) is 11.6 Å². The van der Waals surface area contributed by atoms with E-state index >= 15 is 0 Å². The van der Waals surface area contributed by atoms with E-state index in [2.05, 4.69) is 37.8 Å². The zero-order valence-corrected chi connectivity index (χ0v) is 11.1. The van der Waals surface area contributed by atoms with Gasteiger partial charge in [-0.2, -0.15) is 0 Å². The minimum Gasteiger partial charge on any atom is -0.371 e. The van der Waals surface area contributed by atoms with Crippen molar-refractivity contribution in [2.45, 2.75) is 39.0 Å². The van der Waals surface area contributed by atoms with Crippen molar-refractivity contribution in [3.63, 3.8) is 0 Å². The molecule has 2 heteroatoms. The van der Waals surface area contributed by atoms with Gasteiger partial charge in [-0.3, -0.25) is 0 Å². The van der Waals surface area contributed by atoms with Crippen molar-refractivity contribution in [1.29, 1.82) is 0 Å². The van der Waals surface area contributed by atoms with Crippen LogP contribution in [0.4, 0.5) is 5.69 Å². The Morgan fingerprint density at radius 1 is 1.25 bits per heavy atom. The molecule has 1 aromatic carbocycles. The normalized spacial score (nSPS) is 17.6. The van der Waals surface area contributed by atoms with E-state index < -0.39 is 0 Å². The molecule has 0 aromatic heterocycles. The van der Waals surface area contributed by atoms with Crippen molar-refractivity contribution in [3.8, 4) is 0 Å². The number of fused-ring (bicyclic) bond motifs is 1. The van der Waals surface area contributed by atoms with Crippen molar-refractivity contribution in [1.82, 2.24) is 0 Å². The molecule has 0 bridgehead atoms. The van der Waals surface area contributed by atoms with E-state index in [1.807, 2.05) is 6.07 Å². The second-order valence-corrected chi connectivity index (χ2v) is 5.04. The van der Waals surface area contributed by atoms with Crippen LogP contribution in [0.1, 0.15) is 39.2 Å². The summed E-state index contributed by atoms with van der Waals surface area (Å²) in [7, 11) is 0. The van der Waals surface area contributed by atoms with E-state index in [9.17, 15) is 0 Å². The highest BCUT2D eigenvalue weighted by Crippen LogP contribution is 2.48. The molecule has 0 atom stereocenters. The highest BCUT2D eigenvalue weighted by Gasteiger charge is 2.40. The highest BCUT2D eigenvalue weighted by molar-refractivity contribution is 6.32. The van der Waals surface area contributed by atoms with Crippen LogP contribution >= 0.6 is 11.6 Å². The Balaban J connectivity index is 2.59. The first-order chi connectivity index (χ1) is 7.68. The monoisotopic (exact) mass is 237 g/mol. The Hall–Kier alpha value is -0.690. The average molecular weight is 238 g/mol. The fourth-order valence-corrected chi connectivity index (χ4v) is 3.31. The number of hydrogen-bond donors (Lipinski definition) is 0. The van der Waals surface area contributed by atoms with Crippen LogP contribution in [0, 0.1) is 0 Å². The molecule has 1 aromatic rings. The Morgan fingerprint density at radius 3 is 2.50 bits per heavy atom. The van der Waals surface area contributed by atoms with Crippen LogP contribution in [0.3, 0.4) is 0 Å². The minimum absolute atomic E-state index is 0.268. The molecule has 1 aliphatic rings. The van der Waals surface area contributed by atoms with E-state index in [0.29, 0.717) is 0 Å². The molecule has 0 amide bonds. The molecule has 0 radical (unpaired) electrons. The lowest BCUT2D eigenvalue weighted by Gasteiger charge is -2.28. The minimum atomic E-state index is 0.268. The van der Waals surface area contributed by atoms with Gasteiger partial charge in [0.25, 0.3) is 0 Å². The summed E-state index contributed by atoms with van der Waals surface area (Å²) in [4.78, 5) is 2.45. The van der Waals surface area contributed by atoms with Gasteiger partial charge in [-0.15, -0.1) is 0 Å². The molecular formula is C14H20ClN. The predicted molar refractivity (Wildman–Crippen MR) is 71.6 cm³/mol. The van der Waals surface area contributed by atoms with Gasteiger partial charge in [0.05, 0.1) is 0 Å². The van der Waals surface area contributed by atoms with Crippen LogP contribution in [0.25, 0.3) is 0 Å². The van der Waals surface area contributed by atoms with E-state index in [-0.39, 0.29) is 5.41 Å². The summed E-state index contributed by atoms with van der Waals surface area (Å²) in [6.07, 6.45) is 2.33. The summed E-state index contributed by atoms with van der Waals surface area (Å²) in [5.41, 5.74) is 2.99. The average Bonchev–Trinajstić information content (AvgIpc) is 2.65. The highest BCUT2D eigenvalue weighted by atomic mass is 35.5. The van der Waals surface area contributed by atoms with Crippen LogP contribution in [0.5, 0.6) is 0 Å². The Bertz CT molecular complexity index is 382. The standard InChI is InChI=1S/C14H20ClN/c1-4-14(5-2)10-16(6-3)12-9-7-8-11(15)13(12)14/h7-9H,4-6,10H2,1-3H3. The van der Waals surface area contributed by atoms with Gasteiger partial charge in [0.1, 0.15) is 0 Å². The first-order valence-corrected chi connectivity index (χ1v) is 6.60. The van der Waals surface area contributed by atoms with E-state index in [0.717, 1.165) is 31.0 Å². The summed E-state index contributed by atoms with van der Waals surface area (Å²) in [6.45, 7) is 8.95. The van der Waals surface area contributed by atoms with Crippen LogP contribution in [-0.4, -0.2) is 13.1 Å². The van der Waals surface area contributed by atoms with Crippen molar-refractivity contribution in [3.05, 3.63) is 28.8 Å². The smallest absolute Gasteiger partial charge is 0.0465 e. The molecular weight excluding hydrogens is 218 g/mol. The summed E-state index contributed by atoms with van der Waals surface area (Å²) >= 11 is 6.41. The van der Waals surface area contributed by atoms with Gasteiger partial charge in [-0.1, -0.05) is 31.5 Å². The van der Waals surface area contributed by atoms with Crippen molar-refractivity contribution < 1.29 is 0 Å². The van der Waals surface area contributed by atoms with Gasteiger partial charge in [-0.05, 0) is 31.9 Å². The maximum absolute atomic E-state index is 6.41. The van der Waals surface area contributed by atoms with Crippen LogP contribution < -0.4 is 4.90 Å². The molecule has 88 valence electrons. The summed E-state index contributed by atoms with van der Waals surface area (Å²) in [6, 6.07) is 6.29. The molecule has 1 heterocycles. The molecule has 0 N–H and O–H groups in total. The van der Waals surface area contributed by atoms with Gasteiger partial charge in [0.15, 0.2) is 0 Å². The molecule has 1 aliphatic heterocycles. The first-order valence-electron chi connectivity index (χ1n) is 6.22. The summed E-state index contributed by atoms with van der Waals surface area (Å²) in [5, 5.41) is 0.942. The second kappa shape index (κ2) is 4.29. The maximum Gasteiger partial charge on any atom is 0.0465 e. The molecule has 0 saturated heterocycles. The van der Waals surface area contributed by atoms with Gasteiger partial charge >= 0.3 is 0 Å². The SMILES string of the molecule is CCN1CC(CC)(CC)c2c(Cl)cccc21. The Kier molecular flexibility index (Phi) is 3.16. The molecule has 0 unspecified atom stereocenters. The Morgan fingerprint density at radius 2 is 1.94 bits per heavy atom. The number of likely N-dealkylation sites (N-methyl/N-ethyl adjacent to an activating group) is 1. The van der Waals surface area contributed by atoms with Crippen molar-refractivity contribution in [2.75, 3.05) is 18.0 Å². The fourth-order valence-electron chi connectivity index (χ4n) is 2.94. The summed E-state index contributed by atoms with van der Waals surface area (Å²) in [5.74, 6) is 0. The third-order valence-electron chi connectivity index (χ3n) is 4.09. The second-order valence-electron chi connectivity index (χ2n) is 4.64. The molecule has 0 spiro atoms. The van der Waals surface area contributed by atoms with Gasteiger partial charge < -0.3 is 4.90 Å². The molecule has 2 rings (SSSR count). The molecule has 0 fully saturated rings. The lowest BCUT2D eigenvalue weighted by Crippen LogP contribution is -2.32. The Labute approximate surface area is 103 Å². The quantitative estimate of drug-likeness (QED) is 0.760. The van der Waals surface area contributed by atoms with E-state index in [1.54, 1.807) is 0 Å². The molecule has 16 heavy (non-hydrogen) atoms. The molecule has 1 nitrogen and oxygen atoms in total. The first kappa shape index (κ1) is 11.8. The third-order valence-corrected chi connectivity index (χ3v) is 4.41. The number of halogens is 1. The van der Waals surface area contributed by atoms with E-state index in [1.165, 1.54) is 11.3 Å². The lowest BCUT2D eigenvalue weighted by atomic mass is 9.77. The topological polar surface area (TPSA) is 3.24 Å². The molecule has 0 saturated carbocycles. The summed E-state index contributed by atoms with van der Waals surface area (Å²) < 4.78 is 0. The zero-order chi connectivity index (χ0) is 11.8. The number of anilines is 1. The van der Waals surface area contributed by atoms with Gasteiger partial charge in [-0.25, -0.2) is 0 Å². The number of benzene rings is 1. The lowest BCUT2D eigenvalue weighted by molar-refractivity contribution is 0.421. The van der Waals surface area contributed by atoms with Crippen LogP contribution in [0.15, 0.2) is 18.2 Å². The van der Waals surface area contributed by atoms with Crippen molar-refractivity contribution in [2.24, 2.45) is 0 Å². The van der Waals surface area contributed by atoms with Crippen LogP contribution in [-0.2, 0) is 5.41 Å². The molecule has 0 aliphatic carbocycles.